The fourth-order valence-corrected chi connectivity index (χ4v) is 5.99. The maximum absolute atomic E-state index is 13.5. The molecular formula is C27H28ClN3O5S. The van der Waals surface area contributed by atoms with Gasteiger partial charge in [-0.3, -0.25) is 14.0 Å². The van der Waals surface area contributed by atoms with Gasteiger partial charge in [-0.25, -0.2) is 8.42 Å². The van der Waals surface area contributed by atoms with Crippen molar-refractivity contribution in [2.45, 2.75) is 24.1 Å². The molecule has 1 fully saturated rings. The summed E-state index contributed by atoms with van der Waals surface area (Å²) in [7, 11) is -3.94. The van der Waals surface area contributed by atoms with E-state index in [9.17, 15) is 13.2 Å². The van der Waals surface area contributed by atoms with Crippen molar-refractivity contribution in [2.75, 3.05) is 37.2 Å². The highest BCUT2D eigenvalue weighted by Gasteiger charge is 2.37. The van der Waals surface area contributed by atoms with Gasteiger partial charge in [-0.05, 0) is 47.5 Å². The lowest BCUT2D eigenvalue weighted by Gasteiger charge is -2.34. The summed E-state index contributed by atoms with van der Waals surface area (Å²) in [6, 6.07) is 20.8. The third-order valence-corrected chi connectivity index (χ3v) is 8.47. The van der Waals surface area contributed by atoms with Gasteiger partial charge in [0.1, 0.15) is 5.75 Å². The van der Waals surface area contributed by atoms with Gasteiger partial charge < -0.3 is 14.8 Å². The molecule has 0 aromatic heterocycles. The van der Waals surface area contributed by atoms with Crippen LogP contribution in [0.3, 0.4) is 0 Å². The lowest BCUT2D eigenvalue weighted by Crippen LogP contribution is -2.50. The van der Waals surface area contributed by atoms with Gasteiger partial charge >= 0.3 is 0 Å². The molecule has 37 heavy (non-hydrogen) atoms. The van der Waals surface area contributed by atoms with Crippen LogP contribution in [0.2, 0.25) is 5.02 Å². The van der Waals surface area contributed by atoms with E-state index < -0.39 is 16.1 Å². The number of hydrogen-bond donors (Lipinski definition) is 1. The molecule has 1 N–H and O–H groups in total. The minimum Gasteiger partial charge on any atom is -0.476 e. The number of anilines is 1. The molecule has 1 saturated heterocycles. The van der Waals surface area contributed by atoms with Gasteiger partial charge in [0.25, 0.3) is 15.9 Å². The Labute approximate surface area is 221 Å². The second kappa shape index (κ2) is 11.1. The molecule has 3 aromatic rings. The van der Waals surface area contributed by atoms with Crippen LogP contribution in [0.1, 0.15) is 11.1 Å². The Bertz CT molecular complexity index is 1340. The predicted octanol–water partition coefficient (Wildman–Crippen LogP) is 3.44. The van der Waals surface area contributed by atoms with Crippen molar-refractivity contribution in [3.8, 4) is 5.75 Å². The largest absolute Gasteiger partial charge is 0.476 e. The molecule has 8 nitrogen and oxygen atoms in total. The second-order valence-corrected chi connectivity index (χ2v) is 11.3. The number of nitrogens with zero attached hydrogens (tertiary/aromatic N) is 2. The van der Waals surface area contributed by atoms with Gasteiger partial charge in [0.15, 0.2) is 6.10 Å². The number of amides is 1. The maximum Gasteiger partial charge on any atom is 0.264 e. The van der Waals surface area contributed by atoms with Gasteiger partial charge in [0.05, 0.1) is 30.3 Å². The molecule has 1 amide bonds. The van der Waals surface area contributed by atoms with Crippen molar-refractivity contribution >= 4 is 33.2 Å². The first-order valence-corrected chi connectivity index (χ1v) is 13.9. The first-order valence-electron chi connectivity index (χ1n) is 12.1. The molecule has 0 aliphatic carbocycles. The average Bonchev–Trinajstić information content (AvgIpc) is 2.92. The zero-order valence-electron chi connectivity index (χ0n) is 20.2. The van der Waals surface area contributed by atoms with E-state index in [0.29, 0.717) is 23.0 Å². The molecule has 1 atom stereocenters. The lowest BCUT2D eigenvalue weighted by atomic mass is 10.1. The summed E-state index contributed by atoms with van der Waals surface area (Å²) in [6.45, 7) is 4.39. The topological polar surface area (TPSA) is 88.2 Å². The molecule has 2 aliphatic rings. The number of fused-ring (bicyclic) bond motifs is 1. The highest BCUT2D eigenvalue weighted by atomic mass is 35.5. The Morgan fingerprint density at radius 3 is 2.35 bits per heavy atom. The van der Waals surface area contributed by atoms with Crippen molar-refractivity contribution < 1.29 is 22.7 Å². The fourth-order valence-electron chi connectivity index (χ4n) is 4.38. The van der Waals surface area contributed by atoms with Crippen LogP contribution in [-0.4, -0.2) is 58.2 Å². The molecule has 0 bridgehead atoms. The third kappa shape index (κ3) is 5.91. The monoisotopic (exact) mass is 541 g/mol. The Morgan fingerprint density at radius 1 is 0.946 bits per heavy atom. The van der Waals surface area contributed by atoms with Gasteiger partial charge in [0.2, 0.25) is 0 Å². The predicted molar refractivity (Wildman–Crippen MR) is 141 cm³/mol. The summed E-state index contributed by atoms with van der Waals surface area (Å²) < 4.78 is 39.5. The third-order valence-electron chi connectivity index (χ3n) is 6.43. The normalized spacial score (nSPS) is 18.1. The van der Waals surface area contributed by atoms with E-state index in [1.807, 2.05) is 12.1 Å². The minimum absolute atomic E-state index is 0.0879. The molecule has 0 saturated carbocycles. The van der Waals surface area contributed by atoms with Crippen molar-refractivity contribution in [2.24, 2.45) is 0 Å². The van der Waals surface area contributed by atoms with Crippen molar-refractivity contribution in [3.05, 3.63) is 88.9 Å². The number of ether oxygens (including phenoxy) is 2. The summed E-state index contributed by atoms with van der Waals surface area (Å²) in [4.78, 5) is 15.5. The molecule has 2 heterocycles. The van der Waals surface area contributed by atoms with Gasteiger partial charge in [-0.15, -0.1) is 0 Å². The Morgan fingerprint density at radius 2 is 1.62 bits per heavy atom. The molecule has 2 aliphatic heterocycles. The minimum atomic E-state index is -3.94. The molecule has 5 rings (SSSR count). The lowest BCUT2D eigenvalue weighted by molar-refractivity contribution is -0.127. The maximum atomic E-state index is 13.5. The number of sulfonamides is 1. The number of carbonyl (C=O) groups excluding carboxylic acids is 1. The molecule has 194 valence electrons. The molecule has 0 radical (unpaired) electrons. The molecule has 0 spiro atoms. The van der Waals surface area contributed by atoms with Crippen LogP contribution in [0, 0.1) is 0 Å². The van der Waals surface area contributed by atoms with Gasteiger partial charge in [-0.1, -0.05) is 48.0 Å². The van der Waals surface area contributed by atoms with Gasteiger partial charge in [-0.2, -0.15) is 0 Å². The standard InChI is InChI=1S/C27H28ClN3O5S/c28-22-9-11-23(12-10-22)37(33,34)31-19-26(36-25-4-2-1-3-24(25)31)27(32)29-17-20-5-7-21(8-6-20)18-30-13-15-35-16-14-30/h1-12,26H,13-19H2,(H,29,32)/t26-/m0/s1. The molecular weight excluding hydrogens is 514 g/mol. The SMILES string of the molecule is O=C(NCc1ccc(CN2CCOCC2)cc1)[C@@H]1CN(S(=O)(=O)c2ccc(Cl)cc2)c2ccccc2O1. The smallest absolute Gasteiger partial charge is 0.264 e. The van der Waals surface area contributed by atoms with Crippen LogP contribution in [-0.2, 0) is 32.6 Å². The molecule has 0 unspecified atom stereocenters. The summed E-state index contributed by atoms with van der Waals surface area (Å²) in [5.74, 6) is -0.0536. The van der Waals surface area contributed by atoms with E-state index in [-0.39, 0.29) is 17.3 Å². The number of nitrogens with one attached hydrogen (secondary N) is 1. The highest BCUT2D eigenvalue weighted by molar-refractivity contribution is 7.92. The van der Waals surface area contributed by atoms with Gasteiger partial charge in [0, 0.05) is 31.2 Å². The number of benzene rings is 3. The van der Waals surface area contributed by atoms with Crippen LogP contribution in [0.4, 0.5) is 5.69 Å². The quantitative estimate of drug-likeness (QED) is 0.493. The van der Waals surface area contributed by atoms with Crippen molar-refractivity contribution in [1.82, 2.24) is 10.2 Å². The second-order valence-electron chi connectivity index (χ2n) is 8.99. The average molecular weight is 542 g/mol. The summed E-state index contributed by atoms with van der Waals surface area (Å²) in [5.41, 5.74) is 2.53. The van der Waals surface area contributed by atoms with E-state index in [1.165, 1.54) is 34.1 Å². The van der Waals surface area contributed by atoms with E-state index >= 15 is 0 Å². The fraction of sp³-hybridized carbons (Fsp3) is 0.296. The first-order chi connectivity index (χ1) is 17.9. The number of morpholine rings is 1. The van der Waals surface area contributed by atoms with Crippen molar-refractivity contribution in [1.29, 1.82) is 0 Å². The zero-order chi connectivity index (χ0) is 25.8. The van der Waals surface area contributed by atoms with E-state index in [0.717, 1.165) is 38.4 Å². The Hall–Kier alpha value is -3.11. The van der Waals surface area contributed by atoms with Crippen LogP contribution in [0.25, 0.3) is 0 Å². The number of rotatable bonds is 7. The summed E-state index contributed by atoms with van der Waals surface area (Å²) >= 11 is 5.94. The van der Waals surface area contributed by atoms with Crippen LogP contribution in [0.15, 0.2) is 77.7 Å². The summed E-state index contributed by atoms with van der Waals surface area (Å²) in [5, 5.41) is 3.33. The zero-order valence-corrected chi connectivity index (χ0v) is 21.7. The van der Waals surface area contributed by atoms with Crippen LogP contribution < -0.4 is 14.4 Å². The molecule has 3 aromatic carbocycles. The van der Waals surface area contributed by atoms with Crippen molar-refractivity contribution in [3.63, 3.8) is 0 Å². The number of carbonyl (C=O) groups is 1. The number of para-hydroxylation sites is 2. The number of hydrogen-bond acceptors (Lipinski definition) is 6. The van der Waals surface area contributed by atoms with E-state index in [2.05, 4.69) is 22.3 Å². The van der Waals surface area contributed by atoms with E-state index in [1.54, 1.807) is 24.3 Å². The summed E-state index contributed by atoms with van der Waals surface area (Å²) in [6.07, 6.45) is -1.00. The van der Waals surface area contributed by atoms with Crippen LogP contribution >= 0.6 is 11.6 Å². The first kappa shape index (κ1) is 25.5. The highest BCUT2D eigenvalue weighted by Crippen LogP contribution is 2.37. The van der Waals surface area contributed by atoms with E-state index in [4.69, 9.17) is 21.1 Å². The number of halogens is 1. The Kier molecular flexibility index (Phi) is 7.66. The molecule has 10 heteroatoms. The van der Waals surface area contributed by atoms with Crippen LogP contribution in [0.5, 0.6) is 5.75 Å². The Balaban J connectivity index is 1.26.